The molecule has 0 bridgehead atoms. The Morgan fingerprint density at radius 1 is 1.23 bits per heavy atom. The molecule has 0 aromatic carbocycles. The molecule has 0 heterocycles. The van der Waals surface area contributed by atoms with E-state index in [4.69, 9.17) is 0 Å². The third-order valence-corrected chi connectivity index (χ3v) is 2.62. The average Bonchev–Trinajstić information content (AvgIpc) is 2.02. The fraction of sp³-hybridized carbons (Fsp3) is 1.00. The molecule has 80 valence electrons. The molecule has 0 radical (unpaired) electrons. The van der Waals surface area contributed by atoms with E-state index in [0.717, 1.165) is 19.3 Å². The Morgan fingerprint density at radius 3 is 2.23 bits per heavy atom. The predicted octanol–water partition coefficient (Wildman–Crippen LogP) is 3.83. The van der Waals surface area contributed by atoms with E-state index in [9.17, 15) is 13.2 Å². The third kappa shape index (κ3) is 6.54. The monoisotopic (exact) mass is 309 g/mol. The van der Waals surface area contributed by atoms with E-state index in [0.29, 0.717) is 6.42 Å². The zero-order chi connectivity index (χ0) is 10.3. The zero-order valence-corrected chi connectivity index (χ0v) is 9.78. The molecule has 0 aromatic heterocycles. The first-order valence-corrected chi connectivity index (χ1v) is 5.53. The van der Waals surface area contributed by atoms with Gasteiger partial charge in [0.2, 0.25) is 0 Å². The largest absolute Gasteiger partial charge is 0.404 e. The zero-order valence-electron chi connectivity index (χ0n) is 7.62. The van der Waals surface area contributed by atoms with Gasteiger partial charge in [-0.3, -0.25) is 0 Å². The van der Waals surface area contributed by atoms with Gasteiger partial charge in [-0.15, -0.1) is 0 Å². The SMILES string of the molecule is CCCCCCC(NI)C(F)(F)F. The number of hydrogen-bond acceptors (Lipinski definition) is 1. The molecule has 5 heteroatoms. The van der Waals surface area contributed by atoms with E-state index in [1.54, 1.807) is 22.9 Å². The lowest BCUT2D eigenvalue weighted by Gasteiger charge is -2.17. The van der Waals surface area contributed by atoms with Gasteiger partial charge in [0.25, 0.3) is 0 Å². The van der Waals surface area contributed by atoms with E-state index in [1.165, 1.54) is 0 Å². The second-order valence-electron chi connectivity index (χ2n) is 3.05. The summed E-state index contributed by atoms with van der Waals surface area (Å²) in [5.74, 6) is 0. The Bertz CT molecular complexity index is 127. The van der Waals surface area contributed by atoms with Gasteiger partial charge >= 0.3 is 6.18 Å². The molecule has 0 aromatic rings. The summed E-state index contributed by atoms with van der Waals surface area (Å²) in [5.41, 5.74) is 0. The van der Waals surface area contributed by atoms with Crippen LogP contribution in [-0.2, 0) is 0 Å². The maximum atomic E-state index is 12.2. The van der Waals surface area contributed by atoms with Crippen molar-refractivity contribution in [1.29, 1.82) is 0 Å². The minimum Gasteiger partial charge on any atom is -0.249 e. The summed E-state index contributed by atoms with van der Waals surface area (Å²) in [5, 5.41) is 0. The van der Waals surface area contributed by atoms with Crippen LogP contribution in [0, 0.1) is 0 Å². The van der Waals surface area contributed by atoms with E-state index in [2.05, 4.69) is 3.53 Å². The van der Waals surface area contributed by atoms with Gasteiger partial charge in [0, 0.05) is 22.9 Å². The number of hydrogen-bond donors (Lipinski definition) is 1. The topological polar surface area (TPSA) is 12.0 Å². The molecule has 0 aliphatic carbocycles. The molecule has 1 atom stereocenters. The molecule has 0 aliphatic rings. The molecule has 1 N–H and O–H groups in total. The first kappa shape index (κ1) is 13.5. The molecule has 0 aliphatic heterocycles. The Kier molecular flexibility index (Phi) is 7.12. The van der Waals surface area contributed by atoms with E-state index >= 15 is 0 Å². The van der Waals surface area contributed by atoms with Crippen molar-refractivity contribution in [3.8, 4) is 0 Å². The van der Waals surface area contributed by atoms with Gasteiger partial charge < -0.3 is 0 Å². The number of rotatable bonds is 6. The van der Waals surface area contributed by atoms with Crippen LogP contribution in [-0.4, -0.2) is 12.2 Å². The quantitative estimate of drug-likeness (QED) is 0.447. The highest BCUT2D eigenvalue weighted by atomic mass is 127. The summed E-state index contributed by atoms with van der Waals surface area (Å²) in [6.07, 6.45) is -0.310. The maximum Gasteiger partial charge on any atom is 0.404 e. The molecular formula is C8H15F3IN. The molecule has 0 saturated heterocycles. The normalized spacial score (nSPS) is 14.5. The lowest BCUT2D eigenvalue weighted by molar-refractivity contribution is -0.151. The summed E-state index contributed by atoms with van der Waals surface area (Å²) in [4.78, 5) is 0. The van der Waals surface area contributed by atoms with Crippen LogP contribution in [0.3, 0.4) is 0 Å². The molecule has 1 nitrogen and oxygen atoms in total. The number of unbranched alkanes of at least 4 members (excludes halogenated alkanes) is 3. The molecule has 0 spiro atoms. The molecular weight excluding hydrogens is 294 g/mol. The van der Waals surface area contributed by atoms with Crippen molar-refractivity contribution in [1.82, 2.24) is 3.53 Å². The van der Waals surface area contributed by atoms with Crippen molar-refractivity contribution < 1.29 is 13.2 Å². The Balaban J connectivity index is 3.61. The first-order chi connectivity index (χ1) is 6.02. The van der Waals surface area contributed by atoms with Crippen molar-refractivity contribution in [2.75, 3.05) is 0 Å². The number of halogens is 4. The summed E-state index contributed by atoms with van der Waals surface area (Å²) >= 11 is 1.57. The van der Waals surface area contributed by atoms with Crippen LogP contribution in [0.2, 0.25) is 0 Å². The second kappa shape index (κ2) is 6.86. The Hall–Kier alpha value is 0.480. The summed E-state index contributed by atoms with van der Waals surface area (Å²) in [7, 11) is 0. The van der Waals surface area contributed by atoms with Crippen LogP contribution in [0.1, 0.15) is 39.0 Å². The fourth-order valence-electron chi connectivity index (χ4n) is 1.06. The van der Waals surface area contributed by atoms with Gasteiger partial charge in [0.05, 0.1) is 0 Å². The summed E-state index contributed by atoms with van der Waals surface area (Å²) < 4.78 is 38.8. The minimum atomic E-state index is -4.10. The highest BCUT2D eigenvalue weighted by molar-refractivity contribution is 14.1. The van der Waals surface area contributed by atoms with Crippen molar-refractivity contribution in [2.24, 2.45) is 0 Å². The lowest BCUT2D eigenvalue weighted by Crippen LogP contribution is -2.36. The fourth-order valence-corrected chi connectivity index (χ4v) is 1.72. The van der Waals surface area contributed by atoms with Gasteiger partial charge in [0.1, 0.15) is 6.04 Å². The Labute approximate surface area is 91.0 Å². The summed E-state index contributed by atoms with van der Waals surface area (Å²) in [6, 6.07) is -1.34. The average molecular weight is 309 g/mol. The van der Waals surface area contributed by atoms with Gasteiger partial charge in [-0.1, -0.05) is 32.6 Å². The van der Waals surface area contributed by atoms with Gasteiger partial charge in [-0.05, 0) is 6.42 Å². The van der Waals surface area contributed by atoms with E-state index < -0.39 is 12.2 Å². The minimum absolute atomic E-state index is 0.187. The highest BCUT2D eigenvalue weighted by Gasteiger charge is 2.38. The van der Waals surface area contributed by atoms with Crippen LogP contribution in [0.5, 0.6) is 0 Å². The van der Waals surface area contributed by atoms with Gasteiger partial charge in [-0.2, -0.15) is 13.2 Å². The van der Waals surface area contributed by atoms with E-state index in [1.807, 2.05) is 6.92 Å². The number of nitrogens with one attached hydrogen (secondary N) is 1. The second-order valence-corrected chi connectivity index (χ2v) is 3.68. The molecule has 13 heavy (non-hydrogen) atoms. The smallest absolute Gasteiger partial charge is 0.249 e. The molecule has 0 saturated carbocycles. The van der Waals surface area contributed by atoms with Crippen LogP contribution in [0.25, 0.3) is 0 Å². The van der Waals surface area contributed by atoms with Gasteiger partial charge in [-0.25, -0.2) is 3.53 Å². The molecule has 0 amide bonds. The van der Waals surface area contributed by atoms with Crippen molar-refractivity contribution in [3.05, 3.63) is 0 Å². The predicted molar refractivity (Wildman–Crippen MR) is 55.8 cm³/mol. The van der Waals surface area contributed by atoms with Crippen molar-refractivity contribution >= 4 is 22.9 Å². The van der Waals surface area contributed by atoms with Gasteiger partial charge in [0.15, 0.2) is 0 Å². The number of alkyl halides is 3. The maximum absolute atomic E-state index is 12.2. The molecule has 0 rings (SSSR count). The highest BCUT2D eigenvalue weighted by Crippen LogP contribution is 2.24. The third-order valence-electron chi connectivity index (χ3n) is 1.87. The standard InChI is InChI=1S/C8H15F3IN/c1-2-3-4-5-6-7(13-12)8(9,10)11/h7,13H,2-6H2,1H3. The van der Waals surface area contributed by atoms with Crippen molar-refractivity contribution in [3.63, 3.8) is 0 Å². The summed E-state index contributed by atoms with van der Waals surface area (Å²) in [6.45, 7) is 2.04. The van der Waals surface area contributed by atoms with Crippen LogP contribution in [0.4, 0.5) is 13.2 Å². The van der Waals surface area contributed by atoms with Crippen LogP contribution < -0.4 is 3.53 Å². The van der Waals surface area contributed by atoms with Crippen molar-refractivity contribution in [2.45, 2.75) is 51.2 Å². The molecule has 0 fully saturated rings. The van der Waals surface area contributed by atoms with Crippen LogP contribution in [0.15, 0.2) is 0 Å². The Morgan fingerprint density at radius 2 is 1.85 bits per heavy atom. The molecule has 1 unspecified atom stereocenters. The first-order valence-electron chi connectivity index (χ1n) is 4.45. The van der Waals surface area contributed by atoms with E-state index in [-0.39, 0.29) is 6.42 Å². The van der Waals surface area contributed by atoms with Crippen LogP contribution >= 0.6 is 22.9 Å². The lowest BCUT2D eigenvalue weighted by atomic mass is 10.1.